The van der Waals surface area contributed by atoms with Crippen LogP contribution < -0.4 is 15.6 Å². The summed E-state index contributed by atoms with van der Waals surface area (Å²) < 4.78 is 16.8. The number of ether oxygens (including phenoxy) is 3. The Morgan fingerprint density at radius 3 is 2.63 bits per heavy atom. The number of ketones is 1. The van der Waals surface area contributed by atoms with E-state index < -0.39 is 29.2 Å². The molecular weight excluding hydrogens is 588 g/mol. The van der Waals surface area contributed by atoms with Gasteiger partial charge in [0, 0.05) is 18.0 Å². The number of H-pyrrole nitrogens is 1. The minimum absolute atomic E-state index is 0.0169. The zero-order valence-electron chi connectivity index (χ0n) is 28.0. The molecule has 2 aromatic rings. The summed E-state index contributed by atoms with van der Waals surface area (Å²) in [5, 5.41) is 2.93. The zero-order chi connectivity index (χ0) is 33.1. The Hall–Kier alpha value is -3.47. The molecule has 1 aromatic carbocycles. The topological polar surface area (TPSA) is 140 Å². The largest absolute Gasteiger partial charge is 0.497 e. The molecular formula is C35H50N4O7. The van der Waals surface area contributed by atoms with Crippen molar-refractivity contribution in [2.75, 3.05) is 26.9 Å². The van der Waals surface area contributed by atoms with E-state index in [4.69, 9.17) is 14.2 Å². The zero-order valence-corrected chi connectivity index (χ0v) is 28.0. The number of hydrogen-bond donors (Lipinski definition) is 2. The molecule has 0 bridgehead atoms. The Morgan fingerprint density at radius 1 is 1.17 bits per heavy atom. The molecule has 2 unspecified atom stereocenters. The third-order valence-corrected chi connectivity index (χ3v) is 10.7. The maximum Gasteiger partial charge on any atom is 0.408 e. The average Bonchev–Trinajstić information content (AvgIpc) is 3.61. The second-order valence-electron chi connectivity index (χ2n) is 14.1. The molecule has 3 aliphatic rings. The quantitative estimate of drug-likeness (QED) is 0.294. The number of benzene rings is 1. The molecule has 3 heterocycles. The number of alkyl carbamates (subject to hydrolysis) is 1. The fourth-order valence-electron chi connectivity index (χ4n) is 7.78. The number of carbonyl (C=O) groups is 3. The number of nitrogens with one attached hydrogen (secondary N) is 2. The Kier molecular flexibility index (Phi) is 10.4. The molecule has 252 valence electrons. The molecule has 2 N–H and O–H groups in total. The van der Waals surface area contributed by atoms with Crippen LogP contribution in [-0.4, -0.2) is 77.2 Å². The number of aromatic amines is 1. The molecule has 0 spiro atoms. The van der Waals surface area contributed by atoms with Crippen molar-refractivity contribution in [2.45, 2.75) is 110 Å². The first-order valence-corrected chi connectivity index (χ1v) is 16.9. The van der Waals surface area contributed by atoms with Crippen LogP contribution in [0.1, 0.15) is 91.2 Å². The first-order chi connectivity index (χ1) is 22.0. The number of aromatic nitrogens is 2. The maximum absolute atomic E-state index is 13.9. The van der Waals surface area contributed by atoms with Crippen LogP contribution in [0.3, 0.4) is 0 Å². The number of carbonyl (C=O) groups excluding carboxylic acids is 3. The van der Waals surface area contributed by atoms with E-state index in [1.807, 2.05) is 32.9 Å². The highest BCUT2D eigenvalue weighted by Gasteiger charge is 2.51. The standard InChI is InChI=1S/C35H50N4O7/c1-6-23-16-18-39(29(23)22(2)40)32(42)30(34(3)20-45-21-34)38-33(43)46-35(4)17-10-12-24(35)11-8-7-9-13-27-31(41)37-28-19-25(44-5)14-15-26(28)36-27/h14-15,19,23-24,29-30H,6-13,16-18,20-21H2,1-5H3,(H,37,41)(H,38,43)/t23-,24-,29-,30?,35?/m1/s1. The van der Waals surface area contributed by atoms with Crippen LogP contribution >= 0.6 is 0 Å². The number of amides is 2. The van der Waals surface area contributed by atoms with Crippen molar-refractivity contribution >= 4 is 28.8 Å². The van der Waals surface area contributed by atoms with E-state index in [-0.39, 0.29) is 29.1 Å². The normalized spacial score (nSPS) is 26.0. The summed E-state index contributed by atoms with van der Waals surface area (Å²) in [4.78, 5) is 61.6. The SMILES string of the molecule is CC[C@@H]1CCN(C(=O)C(NC(=O)OC2(C)CCC[C@H]2CCCCCc2nc3ccc(OC)cc3[nH]c2=O)C2(C)COC2)[C@@H]1C(C)=O. The number of rotatable bonds is 13. The van der Waals surface area contributed by atoms with E-state index in [0.29, 0.717) is 43.1 Å². The van der Waals surface area contributed by atoms with Gasteiger partial charge in [-0.25, -0.2) is 9.78 Å². The molecule has 11 nitrogen and oxygen atoms in total. The first-order valence-electron chi connectivity index (χ1n) is 16.9. The van der Waals surface area contributed by atoms with Gasteiger partial charge in [0.15, 0.2) is 5.78 Å². The fraction of sp³-hybridized carbons (Fsp3) is 0.686. The predicted molar refractivity (Wildman–Crippen MR) is 174 cm³/mol. The predicted octanol–water partition coefficient (Wildman–Crippen LogP) is 4.94. The van der Waals surface area contributed by atoms with Gasteiger partial charge in [0.2, 0.25) is 5.91 Å². The third-order valence-electron chi connectivity index (χ3n) is 10.7. The summed E-state index contributed by atoms with van der Waals surface area (Å²) in [6.45, 7) is 8.75. The van der Waals surface area contributed by atoms with Gasteiger partial charge in [-0.05, 0) is 82.8 Å². The molecule has 46 heavy (non-hydrogen) atoms. The molecule has 2 amide bonds. The number of likely N-dealkylation sites (tertiary alicyclic amines) is 1. The molecule has 1 aromatic heterocycles. The van der Waals surface area contributed by atoms with E-state index in [1.165, 1.54) is 0 Å². The number of nitrogens with zero attached hydrogens (tertiary/aromatic N) is 2. The van der Waals surface area contributed by atoms with Crippen molar-refractivity contribution < 1.29 is 28.6 Å². The number of methoxy groups -OCH3 is 1. The molecule has 1 aliphatic carbocycles. The molecule has 0 radical (unpaired) electrons. The van der Waals surface area contributed by atoms with Gasteiger partial charge in [-0.3, -0.25) is 14.4 Å². The third kappa shape index (κ3) is 7.09. The monoisotopic (exact) mass is 638 g/mol. The van der Waals surface area contributed by atoms with Crippen LogP contribution in [-0.2, 0) is 25.5 Å². The summed E-state index contributed by atoms with van der Waals surface area (Å²) in [6.07, 6.45) is 7.94. The van der Waals surface area contributed by atoms with E-state index in [2.05, 4.69) is 15.3 Å². The second kappa shape index (κ2) is 14.1. The van der Waals surface area contributed by atoms with Crippen molar-refractivity contribution in [1.82, 2.24) is 20.2 Å². The van der Waals surface area contributed by atoms with Gasteiger partial charge in [-0.2, -0.15) is 0 Å². The van der Waals surface area contributed by atoms with Gasteiger partial charge in [-0.15, -0.1) is 0 Å². The van der Waals surface area contributed by atoms with Gasteiger partial charge in [0.25, 0.3) is 5.56 Å². The summed E-state index contributed by atoms with van der Waals surface area (Å²) in [6, 6.07) is 4.16. The highest BCUT2D eigenvalue weighted by Crippen LogP contribution is 2.42. The highest BCUT2D eigenvalue weighted by atomic mass is 16.6. The van der Waals surface area contributed by atoms with Crippen LogP contribution in [0.2, 0.25) is 0 Å². The Balaban J connectivity index is 1.15. The molecule has 5 rings (SSSR count). The van der Waals surface area contributed by atoms with Crippen molar-refractivity contribution in [1.29, 1.82) is 0 Å². The van der Waals surface area contributed by atoms with E-state index in [1.54, 1.807) is 25.0 Å². The lowest BCUT2D eigenvalue weighted by molar-refractivity contribution is -0.158. The number of unbranched alkanes of at least 4 members (excludes halogenated alkanes) is 2. The van der Waals surface area contributed by atoms with Crippen LogP contribution in [0.5, 0.6) is 5.75 Å². The minimum atomic E-state index is -0.830. The summed E-state index contributed by atoms with van der Waals surface area (Å²) >= 11 is 0. The van der Waals surface area contributed by atoms with Gasteiger partial charge in [0.1, 0.15) is 23.1 Å². The van der Waals surface area contributed by atoms with E-state index in [0.717, 1.165) is 63.3 Å². The van der Waals surface area contributed by atoms with Crippen molar-refractivity contribution in [3.63, 3.8) is 0 Å². The number of fused-ring (bicyclic) bond motifs is 1. The number of hydrogen-bond acceptors (Lipinski definition) is 8. The molecule has 1 saturated carbocycles. The van der Waals surface area contributed by atoms with Crippen molar-refractivity contribution in [3.8, 4) is 5.75 Å². The molecule has 2 saturated heterocycles. The molecule has 5 atom stereocenters. The van der Waals surface area contributed by atoms with Crippen LogP contribution in [0.15, 0.2) is 23.0 Å². The lowest BCUT2D eigenvalue weighted by Gasteiger charge is -2.45. The van der Waals surface area contributed by atoms with E-state index >= 15 is 0 Å². The first kappa shape index (κ1) is 33.9. The maximum atomic E-state index is 13.9. The summed E-state index contributed by atoms with van der Waals surface area (Å²) in [5.41, 5.74) is 0.563. The number of aryl methyl sites for hydroxylation is 1. The molecule has 11 heteroatoms. The summed E-state index contributed by atoms with van der Waals surface area (Å²) in [5.74, 6) is 0.761. The van der Waals surface area contributed by atoms with Crippen LogP contribution in [0, 0.1) is 17.3 Å². The molecule has 3 fully saturated rings. The molecule has 2 aliphatic heterocycles. The highest BCUT2D eigenvalue weighted by molar-refractivity contribution is 5.92. The smallest absolute Gasteiger partial charge is 0.408 e. The fourth-order valence-corrected chi connectivity index (χ4v) is 7.78. The lowest BCUT2D eigenvalue weighted by Crippen LogP contribution is -2.64. The average molecular weight is 639 g/mol. The lowest BCUT2D eigenvalue weighted by atomic mass is 9.79. The van der Waals surface area contributed by atoms with Gasteiger partial charge < -0.3 is 29.4 Å². The van der Waals surface area contributed by atoms with Gasteiger partial charge in [-0.1, -0.05) is 33.1 Å². The minimum Gasteiger partial charge on any atom is -0.497 e. The van der Waals surface area contributed by atoms with Gasteiger partial charge >= 0.3 is 6.09 Å². The Morgan fingerprint density at radius 2 is 1.96 bits per heavy atom. The van der Waals surface area contributed by atoms with Crippen LogP contribution in [0.4, 0.5) is 4.79 Å². The second-order valence-corrected chi connectivity index (χ2v) is 14.1. The Labute approximate surface area is 271 Å². The number of Topliss-reactive ketones (excluding diaryl/α,β-unsaturated/α-hetero) is 1. The van der Waals surface area contributed by atoms with E-state index in [9.17, 15) is 19.2 Å². The summed E-state index contributed by atoms with van der Waals surface area (Å²) in [7, 11) is 1.59. The Bertz CT molecular complexity index is 1490. The van der Waals surface area contributed by atoms with Gasteiger partial charge in [0.05, 0.1) is 37.4 Å². The van der Waals surface area contributed by atoms with Crippen molar-refractivity contribution in [3.05, 3.63) is 34.2 Å². The van der Waals surface area contributed by atoms with Crippen molar-refractivity contribution in [2.24, 2.45) is 17.3 Å². The van der Waals surface area contributed by atoms with Crippen LogP contribution in [0.25, 0.3) is 11.0 Å².